The van der Waals surface area contributed by atoms with E-state index in [0.717, 1.165) is 17.2 Å². The smallest absolute Gasteiger partial charge is 0.127 e. The van der Waals surface area contributed by atoms with Crippen molar-refractivity contribution in [2.24, 2.45) is 16.1 Å². The average Bonchev–Trinajstić information content (AvgIpc) is 2.41. The summed E-state index contributed by atoms with van der Waals surface area (Å²) in [7, 11) is 0. The van der Waals surface area contributed by atoms with Crippen LogP contribution in [0.15, 0.2) is 59.6 Å². The van der Waals surface area contributed by atoms with E-state index >= 15 is 0 Å². The van der Waals surface area contributed by atoms with Crippen molar-refractivity contribution >= 4 is 11.5 Å². The Hall–Kier alpha value is -2.29. The molecule has 0 fully saturated rings. The maximum absolute atomic E-state index is 5.96. The topological polar surface area (TPSA) is 47.6 Å². The summed E-state index contributed by atoms with van der Waals surface area (Å²) in [5.41, 5.74) is 6.67. The van der Waals surface area contributed by atoms with Gasteiger partial charge in [-0.05, 0) is 36.4 Å². The molecule has 0 unspecified atom stereocenters. The summed E-state index contributed by atoms with van der Waals surface area (Å²) < 4.78 is 5.73. The molecule has 2 rings (SSSR count). The highest BCUT2D eigenvalue weighted by Gasteiger charge is 2.15. The molecular formula is C17H20N2O. The average molecular weight is 268 g/mol. The molecular weight excluding hydrogens is 248 g/mol. The van der Waals surface area contributed by atoms with E-state index in [0.29, 0.717) is 5.84 Å². The van der Waals surface area contributed by atoms with Crippen LogP contribution in [0.25, 0.3) is 0 Å². The van der Waals surface area contributed by atoms with Crippen molar-refractivity contribution in [2.45, 2.75) is 20.8 Å². The molecule has 3 nitrogen and oxygen atoms in total. The van der Waals surface area contributed by atoms with E-state index in [1.54, 1.807) is 0 Å². The fourth-order valence-electron chi connectivity index (χ4n) is 1.52. The van der Waals surface area contributed by atoms with Gasteiger partial charge in [-0.3, -0.25) is 0 Å². The molecule has 0 aliphatic heterocycles. The first-order valence-electron chi connectivity index (χ1n) is 6.63. The molecule has 0 aromatic heterocycles. The van der Waals surface area contributed by atoms with E-state index in [4.69, 9.17) is 10.5 Å². The number of nitrogens with zero attached hydrogens (tertiary/aromatic N) is 1. The molecule has 2 aromatic carbocycles. The fourth-order valence-corrected chi connectivity index (χ4v) is 1.52. The zero-order valence-electron chi connectivity index (χ0n) is 12.1. The third kappa shape index (κ3) is 3.85. The lowest BCUT2D eigenvalue weighted by Gasteiger charge is -2.17. The third-order valence-corrected chi connectivity index (χ3v) is 2.83. The van der Waals surface area contributed by atoms with Crippen LogP contribution in [-0.4, -0.2) is 5.84 Å². The summed E-state index contributed by atoms with van der Waals surface area (Å²) in [5, 5.41) is 0. The molecule has 0 spiro atoms. The molecule has 20 heavy (non-hydrogen) atoms. The van der Waals surface area contributed by atoms with Crippen molar-refractivity contribution in [3.8, 4) is 11.5 Å². The summed E-state index contributed by atoms with van der Waals surface area (Å²) >= 11 is 0. The third-order valence-electron chi connectivity index (χ3n) is 2.83. The van der Waals surface area contributed by atoms with Gasteiger partial charge in [0, 0.05) is 5.41 Å². The molecule has 0 aliphatic carbocycles. The number of hydrogen-bond donors (Lipinski definition) is 1. The summed E-state index contributed by atoms with van der Waals surface area (Å²) in [6.07, 6.45) is 0. The minimum absolute atomic E-state index is 0.126. The molecule has 0 radical (unpaired) electrons. The van der Waals surface area contributed by atoms with Crippen LogP contribution in [0, 0.1) is 5.41 Å². The summed E-state index contributed by atoms with van der Waals surface area (Å²) in [5.74, 6) is 2.22. The molecule has 0 saturated carbocycles. The van der Waals surface area contributed by atoms with Crippen LogP contribution in [0.4, 0.5) is 5.69 Å². The Balaban J connectivity index is 2.11. The first-order chi connectivity index (χ1) is 9.45. The van der Waals surface area contributed by atoms with Crippen molar-refractivity contribution in [2.75, 3.05) is 0 Å². The van der Waals surface area contributed by atoms with E-state index in [9.17, 15) is 0 Å². The zero-order chi connectivity index (χ0) is 14.6. The Morgan fingerprint density at radius 3 is 2.00 bits per heavy atom. The van der Waals surface area contributed by atoms with E-state index in [2.05, 4.69) is 4.99 Å². The van der Waals surface area contributed by atoms with Crippen LogP contribution in [-0.2, 0) is 0 Å². The largest absolute Gasteiger partial charge is 0.457 e. The standard InChI is InChI=1S/C17H20N2O/c1-17(2,3)16(18)19-13-9-11-15(12-10-13)20-14-7-5-4-6-8-14/h4-12H,1-3H3,(H2,18,19). The van der Waals surface area contributed by atoms with Gasteiger partial charge in [-0.2, -0.15) is 0 Å². The van der Waals surface area contributed by atoms with Gasteiger partial charge < -0.3 is 10.5 Å². The van der Waals surface area contributed by atoms with Gasteiger partial charge in [0.2, 0.25) is 0 Å². The quantitative estimate of drug-likeness (QED) is 0.657. The number of amidine groups is 1. The molecule has 2 aromatic rings. The van der Waals surface area contributed by atoms with E-state index in [1.807, 2.05) is 75.4 Å². The second kappa shape index (κ2) is 5.78. The highest BCUT2D eigenvalue weighted by atomic mass is 16.5. The fraction of sp³-hybridized carbons (Fsp3) is 0.235. The Morgan fingerprint density at radius 1 is 0.900 bits per heavy atom. The van der Waals surface area contributed by atoms with E-state index in [1.165, 1.54) is 0 Å². The SMILES string of the molecule is CC(C)(C)C(N)=Nc1ccc(Oc2ccccc2)cc1. The first kappa shape index (κ1) is 14.1. The molecule has 0 heterocycles. The number of benzene rings is 2. The lowest BCUT2D eigenvalue weighted by Crippen LogP contribution is -2.28. The predicted octanol–water partition coefficient (Wildman–Crippen LogP) is 4.51. The van der Waals surface area contributed by atoms with Crippen LogP contribution < -0.4 is 10.5 Å². The van der Waals surface area contributed by atoms with Gasteiger partial charge in [0.25, 0.3) is 0 Å². The van der Waals surface area contributed by atoms with Gasteiger partial charge in [-0.25, -0.2) is 4.99 Å². The van der Waals surface area contributed by atoms with Crippen LogP contribution in [0.1, 0.15) is 20.8 Å². The minimum atomic E-state index is -0.126. The van der Waals surface area contributed by atoms with Crippen molar-refractivity contribution in [1.29, 1.82) is 0 Å². The highest BCUT2D eigenvalue weighted by molar-refractivity contribution is 5.87. The second-order valence-corrected chi connectivity index (χ2v) is 5.66. The van der Waals surface area contributed by atoms with Gasteiger partial charge in [0.1, 0.15) is 17.3 Å². The summed E-state index contributed by atoms with van der Waals surface area (Å²) in [4.78, 5) is 4.42. The van der Waals surface area contributed by atoms with Gasteiger partial charge in [-0.1, -0.05) is 39.0 Å². The Morgan fingerprint density at radius 2 is 1.45 bits per heavy atom. The Kier molecular flexibility index (Phi) is 4.08. The molecule has 0 amide bonds. The van der Waals surface area contributed by atoms with Crippen LogP contribution in [0.2, 0.25) is 0 Å². The molecule has 0 atom stereocenters. The lowest BCUT2D eigenvalue weighted by atomic mass is 9.95. The van der Waals surface area contributed by atoms with Crippen molar-refractivity contribution < 1.29 is 4.74 Å². The van der Waals surface area contributed by atoms with E-state index in [-0.39, 0.29) is 5.41 Å². The second-order valence-electron chi connectivity index (χ2n) is 5.66. The Labute approximate surface area is 120 Å². The van der Waals surface area contributed by atoms with Crippen LogP contribution in [0.5, 0.6) is 11.5 Å². The Bertz CT molecular complexity index is 581. The summed E-state index contributed by atoms with van der Waals surface area (Å²) in [6.45, 7) is 6.12. The molecule has 0 aliphatic rings. The van der Waals surface area contributed by atoms with Crippen LogP contribution >= 0.6 is 0 Å². The van der Waals surface area contributed by atoms with Crippen molar-refractivity contribution in [1.82, 2.24) is 0 Å². The predicted molar refractivity (Wildman–Crippen MR) is 83.7 cm³/mol. The molecule has 3 heteroatoms. The number of hydrogen-bond acceptors (Lipinski definition) is 2. The number of rotatable bonds is 3. The zero-order valence-corrected chi connectivity index (χ0v) is 12.1. The number of para-hydroxylation sites is 1. The van der Waals surface area contributed by atoms with Crippen molar-refractivity contribution in [3.05, 3.63) is 54.6 Å². The number of nitrogens with two attached hydrogens (primary N) is 1. The maximum Gasteiger partial charge on any atom is 0.127 e. The first-order valence-corrected chi connectivity index (χ1v) is 6.63. The summed E-state index contributed by atoms with van der Waals surface area (Å²) in [6, 6.07) is 17.3. The maximum atomic E-state index is 5.96. The minimum Gasteiger partial charge on any atom is -0.457 e. The normalized spacial score (nSPS) is 12.2. The van der Waals surface area contributed by atoms with Gasteiger partial charge in [-0.15, -0.1) is 0 Å². The highest BCUT2D eigenvalue weighted by Crippen LogP contribution is 2.24. The molecule has 0 bridgehead atoms. The molecule has 2 N–H and O–H groups in total. The molecule has 0 saturated heterocycles. The molecule has 104 valence electrons. The van der Waals surface area contributed by atoms with E-state index < -0.39 is 0 Å². The van der Waals surface area contributed by atoms with Crippen molar-refractivity contribution in [3.63, 3.8) is 0 Å². The van der Waals surface area contributed by atoms with Gasteiger partial charge in [0.05, 0.1) is 5.69 Å². The monoisotopic (exact) mass is 268 g/mol. The van der Waals surface area contributed by atoms with Gasteiger partial charge in [0.15, 0.2) is 0 Å². The lowest BCUT2D eigenvalue weighted by molar-refractivity contribution is 0.483. The number of aliphatic imine (C=N–C) groups is 1. The van der Waals surface area contributed by atoms with Crippen LogP contribution in [0.3, 0.4) is 0 Å². The number of ether oxygens (including phenoxy) is 1. The van der Waals surface area contributed by atoms with Gasteiger partial charge >= 0.3 is 0 Å².